The van der Waals surface area contributed by atoms with Gasteiger partial charge in [0, 0.05) is 30.4 Å². The molecule has 3 aromatic rings. The van der Waals surface area contributed by atoms with E-state index >= 15 is 0 Å². The molecule has 1 saturated carbocycles. The van der Waals surface area contributed by atoms with Gasteiger partial charge in [0.15, 0.2) is 0 Å². The zero-order chi connectivity index (χ0) is 24.5. The summed E-state index contributed by atoms with van der Waals surface area (Å²) >= 11 is 0. The van der Waals surface area contributed by atoms with E-state index in [1.165, 1.54) is 6.42 Å². The summed E-state index contributed by atoms with van der Waals surface area (Å²) in [6.07, 6.45) is 2.87. The Kier molecular flexibility index (Phi) is 6.36. The summed E-state index contributed by atoms with van der Waals surface area (Å²) in [4.78, 5) is 14.6. The molecular formula is C27H32N4O4. The van der Waals surface area contributed by atoms with Gasteiger partial charge in [-0.2, -0.15) is 0 Å². The van der Waals surface area contributed by atoms with Crippen LogP contribution in [0.2, 0.25) is 0 Å². The van der Waals surface area contributed by atoms with Crippen LogP contribution in [0.5, 0.6) is 5.75 Å². The van der Waals surface area contributed by atoms with Gasteiger partial charge in [-0.05, 0) is 69.4 Å². The quantitative estimate of drug-likeness (QED) is 0.449. The van der Waals surface area contributed by atoms with E-state index in [-0.39, 0.29) is 18.1 Å². The SMILES string of the molecule is CCOc1ccc2c(c1)N(C1CCC1)C(c1ccc(NC(=O)OC(C)C)cc1)C2c1nnc(C)o1. The molecule has 1 aliphatic heterocycles. The third kappa shape index (κ3) is 4.57. The highest BCUT2D eigenvalue weighted by atomic mass is 16.6. The van der Waals surface area contributed by atoms with Crippen LogP contribution in [0.3, 0.4) is 0 Å². The monoisotopic (exact) mass is 476 g/mol. The minimum absolute atomic E-state index is 0.0105. The number of nitrogens with one attached hydrogen (secondary N) is 1. The highest BCUT2D eigenvalue weighted by Crippen LogP contribution is 2.55. The Balaban J connectivity index is 1.54. The molecule has 2 unspecified atom stereocenters. The Bertz CT molecular complexity index is 1190. The van der Waals surface area contributed by atoms with Crippen LogP contribution < -0.4 is 15.0 Å². The molecule has 0 radical (unpaired) electrons. The molecule has 2 aromatic carbocycles. The molecule has 0 bridgehead atoms. The number of ether oxygens (including phenoxy) is 2. The number of carbonyl (C=O) groups is 1. The van der Waals surface area contributed by atoms with Gasteiger partial charge in [-0.25, -0.2) is 4.79 Å². The molecular weight excluding hydrogens is 444 g/mol. The number of benzene rings is 2. The third-order valence-electron chi connectivity index (χ3n) is 6.66. The first-order valence-corrected chi connectivity index (χ1v) is 12.4. The van der Waals surface area contributed by atoms with Crippen molar-refractivity contribution in [2.45, 2.75) is 71.1 Å². The molecule has 1 fully saturated rings. The number of nitrogens with zero attached hydrogens (tertiary/aromatic N) is 3. The molecule has 1 aromatic heterocycles. The number of hydrogen-bond acceptors (Lipinski definition) is 7. The van der Waals surface area contributed by atoms with E-state index < -0.39 is 6.09 Å². The maximum Gasteiger partial charge on any atom is 0.411 e. The molecule has 1 amide bonds. The molecule has 1 N–H and O–H groups in total. The van der Waals surface area contributed by atoms with Gasteiger partial charge >= 0.3 is 6.09 Å². The molecule has 0 saturated heterocycles. The number of aryl methyl sites for hydroxylation is 1. The van der Waals surface area contributed by atoms with E-state index in [0.29, 0.717) is 30.1 Å². The molecule has 8 heteroatoms. The summed E-state index contributed by atoms with van der Waals surface area (Å²) in [6.45, 7) is 8.08. The molecule has 8 nitrogen and oxygen atoms in total. The van der Waals surface area contributed by atoms with Crippen LogP contribution in [0, 0.1) is 6.92 Å². The van der Waals surface area contributed by atoms with E-state index in [2.05, 4.69) is 44.7 Å². The predicted molar refractivity (Wildman–Crippen MR) is 133 cm³/mol. The minimum Gasteiger partial charge on any atom is -0.494 e. The standard InChI is InChI=1S/C27H32N4O4/c1-5-33-21-13-14-22-23(15-21)31(20-7-6-8-20)25(24(22)26-30-29-17(4)35-26)18-9-11-19(12-10-18)28-27(32)34-16(2)3/h9-16,20,24-25H,5-8H2,1-4H3,(H,28,32). The van der Waals surface area contributed by atoms with Crippen LogP contribution in [-0.2, 0) is 4.74 Å². The van der Waals surface area contributed by atoms with Crippen molar-refractivity contribution in [3.63, 3.8) is 0 Å². The van der Waals surface area contributed by atoms with Crippen molar-refractivity contribution in [1.82, 2.24) is 10.2 Å². The first-order chi connectivity index (χ1) is 16.9. The van der Waals surface area contributed by atoms with Crippen molar-refractivity contribution < 1.29 is 18.7 Å². The van der Waals surface area contributed by atoms with Crippen LogP contribution in [0.1, 0.15) is 74.9 Å². The summed E-state index contributed by atoms with van der Waals surface area (Å²) in [5.74, 6) is 1.92. The first-order valence-electron chi connectivity index (χ1n) is 12.4. The average Bonchev–Trinajstić information content (AvgIpc) is 3.34. The maximum atomic E-state index is 12.0. The largest absolute Gasteiger partial charge is 0.494 e. The van der Waals surface area contributed by atoms with E-state index in [4.69, 9.17) is 13.9 Å². The number of amides is 1. The smallest absolute Gasteiger partial charge is 0.411 e. The lowest BCUT2D eigenvalue weighted by molar-refractivity contribution is 0.130. The Morgan fingerprint density at radius 2 is 1.94 bits per heavy atom. The number of carbonyl (C=O) groups excluding carboxylic acids is 1. The van der Waals surface area contributed by atoms with Gasteiger partial charge in [0.25, 0.3) is 0 Å². The summed E-state index contributed by atoms with van der Waals surface area (Å²) in [7, 11) is 0. The van der Waals surface area contributed by atoms with Crippen molar-refractivity contribution in [2.24, 2.45) is 0 Å². The number of hydrogen-bond donors (Lipinski definition) is 1. The zero-order valence-corrected chi connectivity index (χ0v) is 20.7. The van der Waals surface area contributed by atoms with Crippen molar-refractivity contribution in [3.05, 3.63) is 65.4 Å². The Morgan fingerprint density at radius 1 is 1.17 bits per heavy atom. The second-order valence-corrected chi connectivity index (χ2v) is 9.43. The maximum absolute atomic E-state index is 12.0. The Morgan fingerprint density at radius 3 is 2.54 bits per heavy atom. The first kappa shape index (κ1) is 23.2. The molecule has 0 spiro atoms. The lowest BCUT2D eigenvalue weighted by Gasteiger charge is -2.42. The van der Waals surface area contributed by atoms with Gasteiger partial charge in [-0.1, -0.05) is 18.2 Å². The molecule has 5 rings (SSSR count). The summed E-state index contributed by atoms with van der Waals surface area (Å²) in [5.41, 5.74) is 4.13. The van der Waals surface area contributed by atoms with E-state index in [9.17, 15) is 4.79 Å². The number of fused-ring (bicyclic) bond motifs is 1. The fourth-order valence-corrected chi connectivity index (χ4v) is 5.02. The second kappa shape index (κ2) is 9.60. The van der Waals surface area contributed by atoms with E-state index in [0.717, 1.165) is 35.4 Å². The van der Waals surface area contributed by atoms with Crippen LogP contribution in [0.25, 0.3) is 0 Å². The third-order valence-corrected chi connectivity index (χ3v) is 6.66. The van der Waals surface area contributed by atoms with Gasteiger partial charge in [-0.3, -0.25) is 5.32 Å². The van der Waals surface area contributed by atoms with Crippen molar-refractivity contribution in [3.8, 4) is 5.75 Å². The lowest BCUT2D eigenvalue weighted by atomic mass is 9.86. The normalized spacial score (nSPS) is 19.4. The topological polar surface area (TPSA) is 89.7 Å². The zero-order valence-electron chi connectivity index (χ0n) is 20.7. The van der Waals surface area contributed by atoms with Crippen LogP contribution in [0.15, 0.2) is 46.9 Å². The Labute approximate surface area is 205 Å². The van der Waals surface area contributed by atoms with Gasteiger partial charge in [0.1, 0.15) is 5.75 Å². The second-order valence-electron chi connectivity index (χ2n) is 9.43. The fourth-order valence-electron chi connectivity index (χ4n) is 5.02. The van der Waals surface area contributed by atoms with Crippen molar-refractivity contribution in [1.29, 1.82) is 0 Å². The van der Waals surface area contributed by atoms with Gasteiger partial charge < -0.3 is 18.8 Å². The Hall–Kier alpha value is -3.55. The summed E-state index contributed by atoms with van der Waals surface area (Å²) in [6, 6.07) is 14.7. The fraction of sp³-hybridized carbons (Fsp3) is 0.444. The average molecular weight is 477 g/mol. The summed E-state index contributed by atoms with van der Waals surface area (Å²) in [5, 5.41) is 11.4. The molecule has 2 heterocycles. The van der Waals surface area contributed by atoms with Gasteiger partial charge in [-0.15, -0.1) is 10.2 Å². The van der Waals surface area contributed by atoms with Gasteiger partial charge in [0.2, 0.25) is 11.8 Å². The molecule has 184 valence electrons. The van der Waals surface area contributed by atoms with E-state index in [1.807, 2.05) is 45.9 Å². The number of rotatable bonds is 7. The van der Waals surface area contributed by atoms with Crippen LogP contribution in [-0.4, -0.2) is 35.0 Å². The van der Waals surface area contributed by atoms with Crippen LogP contribution in [0.4, 0.5) is 16.2 Å². The molecule has 1 aliphatic carbocycles. The van der Waals surface area contributed by atoms with Crippen molar-refractivity contribution >= 4 is 17.5 Å². The van der Waals surface area contributed by atoms with E-state index in [1.54, 1.807) is 0 Å². The molecule has 2 atom stereocenters. The minimum atomic E-state index is -0.459. The number of aromatic nitrogens is 2. The highest BCUT2D eigenvalue weighted by molar-refractivity contribution is 5.84. The number of anilines is 2. The predicted octanol–water partition coefficient (Wildman–Crippen LogP) is 5.98. The van der Waals surface area contributed by atoms with Crippen molar-refractivity contribution in [2.75, 3.05) is 16.8 Å². The molecule has 2 aliphatic rings. The van der Waals surface area contributed by atoms with Crippen LogP contribution >= 0.6 is 0 Å². The summed E-state index contributed by atoms with van der Waals surface area (Å²) < 4.78 is 17.0. The highest BCUT2D eigenvalue weighted by Gasteiger charge is 2.47. The lowest BCUT2D eigenvalue weighted by Crippen LogP contribution is -2.41. The van der Waals surface area contributed by atoms with Gasteiger partial charge in [0.05, 0.1) is 24.7 Å². The molecule has 35 heavy (non-hydrogen) atoms.